The van der Waals surface area contributed by atoms with Crippen LogP contribution in [-0.4, -0.2) is 58.9 Å². The molecule has 0 bridgehead atoms. The number of carbonyl (C=O) groups is 1. The smallest absolute Gasteiger partial charge is 0.409 e. The molecular weight excluding hydrogens is 324 g/mol. The van der Waals surface area contributed by atoms with Crippen LogP contribution in [0.15, 0.2) is 16.7 Å². The number of rotatable bonds is 4. The summed E-state index contributed by atoms with van der Waals surface area (Å²) in [4.78, 5) is 24.6. The molecule has 0 aliphatic carbocycles. The van der Waals surface area contributed by atoms with Crippen molar-refractivity contribution < 1.29 is 14.1 Å². The van der Waals surface area contributed by atoms with Gasteiger partial charge in [0.05, 0.1) is 6.61 Å². The fourth-order valence-corrected chi connectivity index (χ4v) is 2.62. The molecule has 3 heterocycles. The standard InChI is InChI=1S/C16H22N6O3/c1-4-24-16(23)22-7-5-21(6-8-22)15-17-11(2)9-13(19-15)18-14-10-12(3)25-20-14/h9-10H,4-8H2,1-3H3,(H,17,18,19,20). The lowest BCUT2D eigenvalue weighted by atomic mass is 10.3. The molecule has 2 aromatic rings. The lowest BCUT2D eigenvalue weighted by molar-refractivity contribution is 0.105. The summed E-state index contributed by atoms with van der Waals surface area (Å²) in [6.07, 6.45) is -0.268. The molecule has 2 aromatic heterocycles. The molecule has 3 rings (SSSR count). The first kappa shape index (κ1) is 17.0. The Morgan fingerprint density at radius 3 is 2.60 bits per heavy atom. The number of hydrogen-bond acceptors (Lipinski definition) is 8. The van der Waals surface area contributed by atoms with Gasteiger partial charge in [-0.15, -0.1) is 0 Å². The van der Waals surface area contributed by atoms with E-state index in [1.54, 1.807) is 17.9 Å². The van der Waals surface area contributed by atoms with E-state index in [1.165, 1.54) is 0 Å². The molecular formula is C16H22N6O3. The Bertz CT molecular complexity index is 739. The number of carbonyl (C=O) groups excluding carboxylic acids is 1. The number of aromatic nitrogens is 3. The molecule has 1 aliphatic rings. The number of piperazine rings is 1. The van der Waals surface area contributed by atoms with Crippen LogP contribution < -0.4 is 10.2 Å². The fourth-order valence-electron chi connectivity index (χ4n) is 2.62. The van der Waals surface area contributed by atoms with E-state index in [1.807, 2.05) is 19.9 Å². The SMILES string of the molecule is CCOC(=O)N1CCN(c2nc(C)cc(Nc3cc(C)on3)n2)CC1. The maximum atomic E-state index is 11.8. The van der Waals surface area contributed by atoms with Crippen molar-refractivity contribution in [2.45, 2.75) is 20.8 Å². The first-order chi connectivity index (χ1) is 12.0. The average Bonchev–Trinajstić information content (AvgIpc) is 2.99. The Morgan fingerprint density at radius 2 is 1.96 bits per heavy atom. The zero-order valence-electron chi connectivity index (χ0n) is 14.7. The molecule has 0 spiro atoms. The van der Waals surface area contributed by atoms with Gasteiger partial charge in [0, 0.05) is 44.0 Å². The Hall–Kier alpha value is -2.84. The number of aryl methyl sites for hydroxylation is 2. The Kier molecular flexibility index (Phi) is 5.01. The van der Waals surface area contributed by atoms with Gasteiger partial charge in [-0.1, -0.05) is 5.16 Å². The van der Waals surface area contributed by atoms with Crippen molar-refractivity contribution in [3.05, 3.63) is 23.6 Å². The molecule has 9 nitrogen and oxygen atoms in total. The number of nitrogens with zero attached hydrogens (tertiary/aromatic N) is 5. The molecule has 0 aromatic carbocycles. The van der Waals surface area contributed by atoms with Crippen LogP contribution in [0.3, 0.4) is 0 Å². The van der Waals surface area contributed by atoms with Crippen molar-refractivity contribution in [3.8, 4) is 0 Å². The normalized spacial score (nSPS) is 14.5. The highest BCUT2D eigenvalue weighted by Gasteiger charge is 2.23. The first-order valence-corrected chi connectivity index (χ1v) is 8.28. The summed E-state index contributed by atoms with van der Waals surface area (Å²) in [5.41, 5.74) is 0.848. The van der Waals surface area contributed by atoms with E-state index in [-0.39, 0.29) is 6.09 Å². The second-order valence-electron chi connectivity index (χ2n) is 5.82. The van der Waals surface area contributed by atoms with Gasteiger partial charge in [-0.3, -0.25) is 0 Å². The van der Waals surface area contributed by atoms with Gasteiger partial charge in [0.25, 0.3) is 0 Å². The van der Waals surface area contributed by atoms with E-state index in [0.717, 1.165) is 11.5 Å². The highest BCUT2D eigenvalue weighted by Crippen LogP contribution is 2.19. The van der Waals surface area contributed by atoms with Gasteiger partial charge in [0.15, 0.2) is 5.82 Å². The van der Waals surface area contributed by atoms with E-state index in [0.29, 0.717) is 50.4 Å². The zero-order chi connectivity index (χ0) is 17.8. The number of nitrogens with one attached hydrogen (secondary N) is 1. The molecule has 1 amide bonds. The van der Waals surface area contributed by atoms with Crippen LogP contribution in [-0.2, 0) is 4.74 Å². The molecule has 0 unspecified atom stereocenters. The van der Waals surface area contributed by atoms with Gasteiger partial charge in [0.2, 0.25) is 5.95 Å². The molecule has 1 aliphatic heterocycles. The minimum Gasteiger partial charge on any atom is -0.450 e. The maximum Gasteiger partial charge on any atom is 0.409 e. The molecule has 1 N–H and O–H groups in total. The average molecular weight is 346 g/mol. The number of hydrogen-bond donors (Lipinski definition) is 1. The van der Waals surface area contributed by atoms with Gasteiger partial charge in [0.1, 0.15) is 11.6 Å². The van der Waals surface area contributed by atoms with Crippen LogP contribution in [0.2, 0.25) is 0 Å². The van der Waals surface area contributed by atoms with Gasteiger partial charge in [-0.25, -0.2) is 9.78 Å². The Labute approximate surface area is 146 Å². The molecule has 1 saturated heterocycles. The highest BCUT2D eigenvalue weighted by molar-refractivity contribution is 5.68. The minimum atomic E-state index is -0.268. The van der Waals surface area contributed by atoms with E-state index in [4.69, 9.17) is 9.26 Å². The molecule has 1 fully saturated rings. The Morgan fingerprint density at radius 1 is 1.20 bits per heavy atom. The van der Waals surface area contributed by atoms with Crippen LogP contribution >= 0.6 is 0 Å². The van der Waals surface area contributed by atoms with Gasteiger partial charge < -0.3 is 24.4 Å². The van der Waals surface area contributed by atoms with Crippen molar-refractivity contribution in [1.29, 1.82) is 0 Å². The third kappa shape index (κ3) is 4.17. The van der Waals surface area contributed by atoms with Crippen molar-refractivity contribution >= 4 is 23.7 Å². The molecule has 25 heavy (non-hydrogen) atoms. The minimum absolute atomic E-state index is 0.268. The highest BCUT2D eigenvalue weighted by atomic mass is 16.6. The molecule has 0 radical (unpaired) electrons. The van der Waals surface area contributed by atoms with E-state index < -0.39 is 0 Å². The van der Waals surface area contributed by atoms with Crippen LogP contribution in [0.25, 0.3) is 0 Å². The summed E-state index contributed by atoms with van der Waals surface area (Å²) in [6.45, 7) is 8.42. The van der Waals surface area contributed by atoms with Gasteiger partial charge >= 0.3 is 6.09 Å². The third-order valence-corrected chi connectivity index (χ3v) is 3.82. The first-order valence-electron chi connectivity index (χ1n) is 8.28. The van der Waals surface area contributed by atoms with Gasteiger partial charge in [-0.2, -0.15) is 4.98 Å². The van der Waals surface area contributed by atoms with Crippen molar-refractivity contribution in [2.24, 2.45) is 0 Å². The van der Waals surface area contributed by atoms with Crippen LogP contribution in [0.5, 0.6) is 0 Å². The summed E-state index contributed by atoms with van der Waals surface area (Å²) >= 11 is 0. The number of amides is 1. The van der Waals surface area contributed by atoms with Crippen molar-refractivity contribution in [2.75, 3.05) is 43.0 Å². The second kappa shape index (κ2) is 7.37. The number of ether oxygens (including phenoxy) is 1. The summed E-state index contributed by atoms with van der Waals surface area (Å²) in [5, 5.41) is 7.03. The fraction of sp³-hybridized carbons (Fsp3) is 0.500. The van der Waals surface area contributed by atoms with Crippen molar-refractivity contribution in [3.63, 3.8) is 0 Å². The van der Waals surface area contributed by atoms with Crippen LogP contribution in [0.1, 0.15) is 18.4 Å². The lowest BCUT2D eigenvalue weighted by Gasteiger charge is -2.34. The van der Waals surface area contributed by atoms with Crippen LogP contribution in [0.4, 0.5) is 22.4 Å². The van der Waals surface area contributed by atoms with E-state index >= 15 is 0 Å². The molecule has 134 valence electrons. The monoisotopic (exact) mass is 346 g/mol. The largest absolute Gasteiger partial charge is 0.450 e. The van der Waals surface area contributed by atoms with Crippen LogP contribution in [0, 0.1) is 13.8 Å². The molecule has 0 atom stereocenters. The lowest BCUT2D eigenvalue weighted by Crippen LogP contribution is -2.49. The maximum absolute atomic E-state index is 11.8. The van der Waals surface area contributed by atoms with E-state index in [2.05, 4.69) is 25.3 Å². The Balaban J connectivity index is 1.67. The summed E-state index contributed by atoms with van der Waals surface area (Å²) in [7, 11) is 0. The van der Waals surface area contributed by atoms with E-state index in [9.17, 15) is 4.79 Å². The van der Waals surface area contributed by atoms with Crippen molar-refractivity contribution in [1.82, 2.24) is 20.0 Å². The second-order valence-corrected chi connectivity index (χ2v) is 5.82. The summed E-state index contributed by atoms with van der Waals surface area (Å²) in [5.74, 6) is 2.62. The zero-order valence-corrected chi connectivity index (χ0v) is 14.7. The predicted octanol–water partition coefficient (Wildman–Crippen LogP) is 2.10. The third-order valence-electron chi connectivity index (χ3n) is 3.82. The molecule has 9 heteroatoms. The summed E-state index contributed by atoms with van der Waals surface area (Å²) < 4.78 is 10.1. The van der Waals surface area contributed by atoms with Gasteiger partial charge in [-0.05, 0) is 20.8 Å². The predicted molar refractivity (Wildman–Crippen MR) is 92.1 cm³/mol. The summed E-state index contributed by atoms with van der Waals surface area (Å²) in [6, 6.07) is 3.65. The molecule has 0 saturated carbocycles. The number of anilines is 3. The quantitative estimate of drug-likeness (QED) is 0.899. The topological polar surface area (TPSA) is 96.6 Å².